The summed E-state index contributed by atoms with van der Waals surface area (Å²) in [6.07, 6.45) is 1.30. The van der Waals surface area contributed by atoms with Gasteiger partial charge in [-0.3, -0.25) is 4.79 Å². The normalized spacial score (nSPS) is 10.9. The fourth-order valence-corrected chi connectivity index (χ4v) is 2.82. The van der Waals surface area contributed by atoms with Crippen molar-refractivity contribution >= 4 is 39.5 Å². The molecule has 0 aliphatic heterocycles. The van der Waals surface area contributed by atoms with Gasteiger partial charge in [-0.25, -0.2) is 9.71 Å². The Morgan fingerprint density at radius 1 is 1.42 bits per heavy atom. The number of aromatic nitrogens is 1. The molecule has 1 aromatic heterocycles. The van der Waals surface area contributed by atoms with Gasteiger partial charge in [0.25, 0.3) is 0 Å². The summed E-state index contributed by atoms with van der Waals surface area (Å²) in [5, 5.41) is 10.8. The number of carbonyl (C=O) groups excluding carboxylic acids is 1. The highest BCUT2D eigenvalue weighted by atomic mass is 32.2. The van der Waals surface area contributed by atoms with Gasteiger partial charge in [-0.2, -0.15) is 12.7 Å². The molecular weight excluding hydrogens is 290 g/mol. The van der Waals surface area contributed by atoms with Gasteiger partial charge in [0.2, 0.25) is 0 Å². The summed E-state index contributed by atoms with van der Waals surface area (Å²) in [5.41, 5.74) is 1.42. The second kappa shape index (κ2) is 5.24. The molecule has 0 spiro atoms. The number of amides is 1. The highest BCUT2D eigenvalue weighted by Gasteiger charge is 2.24. The summed E-state index contributed by atoms with van der Waals surface area (Å²) in [7, 11) is -4.17. The Balaban J connectivity index is 2.33. The van der Waals surface area contributed by atoms with Crippen molar-refractivity contribution in [3.8, 4) is 5.75 Å². The van der Waals surface area contributed by atoms with Crippen molar-refractivity contribution in [2.75, 3.05) is 9.03 Å². The highest BCUT2D eigenvalue weighted by molar-refractivity contribution is 7.94. The number of aromatic hydroxyl groups is 1. The Morgan fingerprint density at radius 3 is 2.79 bits per heavy atom. The number of phenolic OH excluding ortho intramolecular Hbond substituents is 1. The fourth-order valence-electron chi connectivity index (χ4n) is 1.30. The summed E-state index contributed by atoms with van der Waals surface area (Å²) >= 11 is 1.20. The minimum atomic E-state index is -4.17. The molecule has 0 atom stereocenters. The number of rotatable bonds is 5. The molecule has 2 rings (SSSR count). The van der Waals surface area contributed by atoms with Crippen molar-refractivity contribution < 1.29 is 18.3 Å². The van der Waals surface area contributed by atoms with Crippen molar-refractivity contribution in [2.45, 2.75) is 0 Å². The third-order valence-corrected chi connectivity index (χ3v) is 3.87. The molecule has 0 fully saturated rings. The maximum Gasteiger partial charge on any atom is 0.333 e. The van der Waals surface area contributed by atoms with Crippen LogP contribution in [0.25, 0.3) is 0 Å². The van der Waals surface area contributed by atoms with E-state index in [2.05, 4.69) is 9.71 Å². The molecule has 2 aromatic rings. The standard InChI is InChI=1S/C10H8N3O4S2/c14-7-13(8-2-1-3-9(15)4-8)19(16,17)12-10-5-18-6-11-10/h1-6,12,15H. The Labute approximate surface area is 113 Å². The fraction of sp³-hybridized carbons (Fsp3) is 0. The van der Waals surface area contributed by atoms with Crippen molar-refractivity contribution in [3.63, 3.8) is 0 Å². The first-order chi connectivity index (χ1) is 9.03. The molecule has 0 unspecified atom stereocenters. The van der Waals surface area contributed by atoms with Gasteiger partial charge >= 0.3 is 16.6 Å². The topological polar surface area (TPSA) is 99.6 Å². The summed E-state index contributed by atoms with van der Waals surface area (Å²) in [5.74, 6) is -0.0630. The number of thiazole rings is 1. The number of anilines is 2. The van der Waals surface area contributed by atoms with E-state index in [0.717, 1.165) is 6.07 Å². The minimum absolute atomic E-state index is 0.0299. The molecule has 1 aromatic carbocycles. The Bertz CT molecular complexity index is 670. The Kier molecular flexibility index (Phi) is 3.67. The molecule has 1 radical (unpaired) electrons. The van der Waals surface area contributed by atoms with E-state index in [1.165, 1.54) is 46.8 Å². The summed E-state index contributed by atoms with van der Waals surface area (Å²) in [6, 6.07) is 5.25. The number of hydrogen-bond donors (Lipinski definition) is 2. The van der Waals surface area contributed by atoms with Gasteiger partial charge in [0, 0.05) is 11.4 Å². The van der Waals surface area contributed by atoms with E-state index in [-0.39, 0.29) is 17.3 Å². The minimum Gasteiger partial charge on any atom is -0.508 e. The van der Waals surface area contributed by atoms with Gasteiger partial charge in [-0.1, -0.05) is 6.07 Å². The molecule has 1 amide bonds. The lowest BCUT2D eigenvalue weighted by Gasteiger charge is -2.16. The quantitative estimate of drug-likeness (QED) is 0.805. The van der Waals surface area contributed by atoms with Crippen molar-refractivity contribution in [3.05, 3.63) is 35.2 Å². The summed E-state index contributed by atoms with van der Waals surface area (Å²) in [4.78, 5) is 14.6. The van der Waals surface area contributed by atoms with Crippen LogP contribution in [-0.4, -0.2) is 24.9 Å². The Hall–Kier alpha value is -2.13. The van der Waals surface area contributed by atoms with Crippen LogP contribution in [0.5, 0.6) is 5.75 Å². The summed E-state index contributed by atoms with van der Waals surface area (Å²) < 4.78 is 26.4. The zero-order valence-corrected chi connectivity index (χ0v) is 11.0. The van der Waals surface area contributed by atoms with E-state index in [4.69, 9.17) is 0 Å². The maximum atomic E-state index is 12.0. The SMILES string of the molecule is O=[C]N(c1cccc(O)c1)S(=O)(=O)Nc1cscn1. The average molecular weight is 298 g/mol. The van der Waals surface area contributed by atoms with Crippen LogP contribution in [0.3, 0.4) is 0 Å². The van der Waals surface area contributed by atoms with Gasteiger partial charge in [0.05, 0.1) is 11.2 Å². The molecule has 1 heterocycles. The first kappa shape index (κ1) is 13.3. The van der Waals surface area contributed by atoms with Gasteiger partial charge in [-0.05, 0) is 12.1 Å². The Morgan fingerprint density at radius 2 is 2.21 bits per heavy atom. The highest BCUT2D eigenvalue weighted by Crippen LogP contribution is 2.22. The van der Waals surface area contributed by atoms with Gasteiger partial charge in [0.1, 0.15) is 5.75 Å². The zero-order chi connectivity index (χ0) is 13.9. The number of benzene rings is 1. The van der Waals surface area contributed by atoms with Crippen molar-refractivity contribution in [1.29, 1.82) is 0 Å². The molecule has 0 saturated heterocycles. The van der Waals surface area contributed by atoms with E-state index in [9.17, 15) is 18.3 Å². The maximum absolute atomic E-state index is 12.0. The predicted octanol–water partition coefficient (Wildman–Crippen LogP) is 1.08. The van der Waals surface area contributed by atoms with Crippen LogP contribution in [0.4, 0.5) is 11.5 Å². The third-order valence-electron chi connectivity index (χ3n) is 2.05. The van der Waals surface area contributed by atoms with E-state index in [1.807, 2.05) is 0 Å². The zero-order valence-electron chi connectivity index (χ0n) is 9.35. The first-order valence-corrected chi connectivity index (χ1v) is 7.29. The van der Waals surface area contributed by atoms with Crippen molar-refractivity contribution in [2.24, 2.45) is 0 Å². The second-order valence-electron chi connectivity index (χ2n) is 3.36. The van der Waals surface area contributed by atoms with E-state index < -0.39 is 10.2 Å². The molecule has 7 nitrogen and oxygen atoms in total. The van der Waals surface area contributed by atoms with Crippen LogP contribution in [0.1, 0.15) is 0 Å². The molecule has 0 bridgehead atoms. The number of nitrogens with zero attached hydrogens (tertiary/aromatic N) is 2. The number of phenols is 1. The molecule has 2 N–H and O–H groups in total. The lowest BCUT2D eigenvalue weighted by Crippen LogP contribution is -2.34. The van der Waals surface area contributed by atoms with E-state index in [0.29, 0.717) is 4.31 Å². The largest absolute Gasteiger partial charge is 0.508 e. The van der Waals surface area contributed by atoms with Crippen LogP contribution < -0.4 is 9.03 Å². The van der Waals surface area contributed by atoms with Crippen LogP contribution in [-0.2, 0) is 15.0 Å². The van der Waals surface area contributed by atoms with Crippen molar-refractivity contribution in [1.82, 2.24) is 4.98 Å². The smallest absolute Gasteiger partial charge is 0.333 e. The molecule has 99 valence electrons. The molecule has 0 aliphatic carbocycles. The van der Waals surface area contributed by atoms with Gasteiger partial charge in [0.15, 0.2) is 5.82 Å². The van der Waals surface area contributed by atoms with E-state index >= 15 is 0 Å². The lowest BCUT2D eigenvalue weighted by atomic mass is 10.3. The first-order valence-electron chi connectivity index (χ1n) is 4.91. The lowest BCUT2D eigenvalue weighted by molar-refractivity contribution is 0.475. The van der Waals surface area contributed by atoms with Crippen LogP contribution in [0.2, 0.25) is 0 Å². The van der Waals surface area contributed by atoms with Gasteiger partial charge < -0.3 is 5.11 Å². The molecule has 9 heteroatoms. The van der Waals surface area contributed by atoms with Crippen LogP contribution in [0.15, 0.2) is 35.2 Å². The predicted molar refractivity (Wildman–Crippen MR) is 70.9 cm³/mol. The van der Waals surface area contributed by atoms with E-state index in [1.54, 1.807) is 0 Å². The van der Waals surface area contributed by atoms with Crippen LogP contribution >= 0.6 is 11.3 Å². The molecule has 0 aliphatic rings. The van der Waals surface area contributed by atoms with Gasteiger partial charge in [-0.15, -0.1) is 11.3 Å². The second-order valence-corrected chi connectivity index (χ2v) is 5.59. The molecular formula is C10H8N3O4S2. The average Bonchev–Trinajstić information content (AvgIpc) is 2.81. The number of hydrogen-bond acceptors (Lipinski definition) is 6. The summed E-state index contributed by atoms with van der Waals surface area (Å²) in [6.45, 7) is 0. The number of nitrogens with one attached hydrogen (secondary N) is 1. The molecule has 0 saturated carbocycles. The molecule has 19 heavy (non-hydrogen) atoms. The van der Waals surface area contributed by atoms with Crippen LogP contribution in [0, 0.1) is 0 Å². The monoisotopic (exact) mass is 298 g/mol. The third kappa shape index (κ3) is 3.01.